The van der Waals surface area contributed by atoms with E-state index in [4.69, 9.17) is 4.74 Å². The third kappa shape index (κ3) is 4.94. The molecule has 11 heteroatoms. The molecule has 2 aromatic heterocycles. The maximum absolute atomic E-state index is 12.6. The van der Waals surface area contributed by atoms with Crippen LogP contribution in [0.1, 0.15) is 12.7 Å². The molecule has 10 nitrogen and oxygen atoms in total. The Balaban J connectivity index is 1.43. The number of nitrogens with one attached hydrogen (secondary N) is 2. The minimum atomic E-state index is -3.76. The lowest BCUT2D eigenvalue weighted by molar-refractivity contribution is 0.122. The lowest BCUT2D eigenvalue weighted by Crippen LogP contribution is -2.36. The topological polar surface area (TPSA) is 114 Å². The van der Waals surface area contributed by atoms with Gasteiger partial charge in [0.15, 0.2) is 10.8 Å². The van der Waals surface area contributed by atoms with Crippen molar-refractivity contribution >= 4 is 32.9 Å². The number of sulfonamides is 1. The second-order valence-electron chi connectivity index (χ2n) is 7.12. The van der Waals surface area contributed by atoms with Crippen molar-refractivity contribution in [2.24, 2.45) is 0 Å². The summed E-state index contributed by atoms with van der Waals surface area (Å²) in [5.74, 6) is 1.26. The largest absolute Gasteiger partial charge is 0.378 e. The highest BCUT2D eigenvalue weighted by Gasteiger charge is 2.19. The van der Waals surface area contributed by atoms with Crippen LogP contribution in [0.5, 0.6) is 0 Å². The van der Waals surface area contributed by atoms with E-state index in [-0.39, 0.29) is 5.03 Å². The zero-order chi connectivity index (χ0) is 21.8. The SMILES string of the molecule is CCn1cc(S(=O)(=O)Nc2ccc(Nc3cc(N4CCOCC4)cnn3)cc2)nc1C. The van der Waals surface area contributed by atoms with Crippen LogP contribution in [0.15, 0.2) is 47.8 Å². The Morgan fingerprint density at radius 2 is 1.84 bits per heavy atom. The van der Waals surface area contributed by atoms with Crippen LogP contribution < -0.4 is 14.9 Å². The van der Waals surface area contributed by atoms with E-state index in [1.807, 2.05) is 13.0 Å². The first kappa shape index (κ1) is 21.1. The fraction of sp³-hybridized carbons (Fsp3) is 0.350. The second-order valence-corrected chi connectivity index (χ2v) is 8.75. The molecule has 0 radical (unpaired) electrons. The summed E-state index contributed by atoms with van der Waals surface area (Å²) in [5.41, 5.74) is 2.19. The Bertz CT molecular complexity index is 1140. The van der Waals surface area contributed by atoms with E-state index >= 15 is 0 Å². The summed E-state index contributed by atoms with van der Waals surface area (Å²) in [7, 11) is -3.76. The van der Waals surface area contributed by atoms with Crippen molar-refractivity contribution in [1.82, 2.24) is 19.7 Å². The summed E-state index contributed by atoms with van der Waals surface area (Å²) in [5, 5.41) is 11.4. The fourth-order valence-electron chi connectivity index (χ4n) is 3.32. The van der Waals surface area contributed by atoms with Gasteiger partial charge in [0.1, 0.15) is 5.82 Å². The van der Waals surface area contributed by atoms with Gasteiger partial charge in [-0.05, 0) is 38.1 Å². The van der Waals surface area contributed by atoms with Gasteiger partial charge >= 0.3 is 0 Å². The van der Waals surface area contributed by atoms with E-state index in [0.717, 1.165) is 24.5 Å². The Hall–Kier alpha value is -3.18. The monoisotopic (exact) mass is 443 g/mol. The Kier molecular flexibility index (Phi) is 6.05. The van der Waals surface area contributed by atoms with Crippen LogP contribution in [0.25, 0.3) is 0 Å². The number of benzene rings is 1. The van der Waals surface area contributed by atoms with Gasteiger partial charge in [0.2, 0.25) is 0 Å². The third-order valence-corrected chi connectivity index (χ3v) is 6.25. The summed E-state index contributed by atoms with van der Waals surface area (Å²) in [6, 6.07) is 8.85. The van der Waals surface area contributed by atoms with E-state index in [1.54, 1.807) is 42.0 Å². The van der Waals surface area contributed by atoms with Crippen LogP contribution in [0, 0.1) is 6.92 Å². The number of anilines is 4. The zero-order valence-electron chi connectivity index (χ0n) is 17.4. The van der Waals surface area contributed by atoms with Gasteiger partial charge in [-0.15, -0.1) is 5.10 Å². The molecule has 1 saturated heterocycles. The number of morpholine rings is 1. The molecule has 1 aromatic carbocycles. The highest BCUT2D eigenvalue weighted by Crippen LogP contribution is 2.23. The minimum Gasteiger partial charge on any atom is -0.378 e. The summed E-state index contributed by atoms with van der Waals surface area (Å²) >= 11 is 0. The number of aryl methyl sites for hydroxylation is 2. The predicted octanol–water partition coefficient (Wildman–Crippen LogP) is 2.38. The molecule has 1 aliphatic rings. The molecule has 1 aliphatic heterocycles. The standard InChI is InChI=1S/C20H25N7O3S/c1-3-26-14-20(22-15(26)2)31(28,29)25-17-6-4-16(5-7-17)23-19-12-18(13-21-24-19)27-8-10-30-11-9-27/h4-7,12-14,25H,3,8-11H2,1-2H3,(H,23,24). The fourth-order valence-corrected chi connectivity index (χ4v) is 4.39. The molecule has 164 valence electrons. The molecule has 0 aliphatic carbocycles. The van der Waals surface area contributed by atoms with Crippen molar-refractivity contribution in [3.63, 3.8) is 0 Å². The molecule has 0 bridgehead atoms. The van der Waals surface area contributed by atoms with Crippen LogP contribution in [-0.2, 0) is 21.3 Å². The summed E-state index contributed by atoms with van der Waals surface area (Å²) in [6.07, 6.45) is 3.27. The third-order valence-electron chi connectivity index (χ3n) is 5.00. The maximum Gasteiger partial charge on any atom is 0.280 e. The van der Waals surface area contributed by atoms with Crippen LogP contribution >= 0.6 is 0 Å². The van der Waals surface area contributed by atoms with Gasteiger partial charge < -0.3 is 19.5 Å². The minimum absolute atomic E-state index is 0.00394. The highest BCUT2D eigenvalue weighted by atomic mass is 32.2. The van der Waals surface area contributed by atoms with Gasteiger partial charge in [0.05, 0.1) is 25.1 Å². The van der Waals surface area contributed by atoms with E-state index in [2.05, 4.69) is 30.1 Å². The van der Waals surface area contributed by atoms with E-state index in [1.165, 1.54) is 6.20 Å². The molecule has 3 aromatic rings. The van der Waals surface area contributed by atoms with Gasteiger partial charge in [-0.25, -0.2) is 4.98 Å². The molecule has 2 N–H and O–H groups in total. The molecule has 0 atom stereocenters. The number of hydrogen-bond acceptors (Lipinski definition) is 8. The first-order chi connectivity index (χ1) is 14.9. The van der Waals surface area contributed by atoms with Gasteiger partial charge in [-0.2, -0.15) is 13.5 Å². The van der Waals surface area contributed by atoms with Crippen molar-refractivity contribution in [3.05, 3.63) is 48.5 Å². The van der Waals surface area contributed by atoms with Crippen molar-refractivity contribution in [2.75, 3.05) is 41.2 Å². The van der Waals surface area contributed by atoms with Gasteiger partial charge in [0.25, 0.3) is 10.0 Å². The van der Waals surface area contributed by atoms with Crippen molar-refractivity contribution in [2.45, 2.75) is 25.4 Å². The smallest absolute Gasteiger partial charge is 0.280 e. The van der Waals surface area contributed by atoms with Gasteiger partial charge in [0, 0.05) is 43.3 Å². The zero-order valence-corrected chi connectivity index (χ0v) is 18.3. The molecule has 3 heterocycles. The van der Waals surface area contributed by atoms with E-state index in [0.29, 0.717) is 37.1 Å². The summed E-state index contributed by atoms with van der Waals surface area (Å²) < 4.78 is 35.0. The molecule has 1 fully saturated rings. The Morgan fingerprint density at radius 1 is 1.13 bits per heavy atom. The normalized spacial score (nSPS) is 14.5. The molecular formula is C20H25N7O3S. The molecule has 0 amide bonds. The maximum atomic E-state index is 12.6. The number of rotatable bonds is 7. The molecule has 0 spiro atoms. The van der Waals surface area contributed by atoms with E-state index < -0.39 is 10.0 Å². The Morgan fingerprint density at radius 3 is 2.52 bits per heavy atom. The lowest BCUT2D eigenvalue weighted by Gasteiger charge is -2.28. The summed E-state index contributed by atoms with van der Waals surface area (Å²) in [6.45, 7) is 7.39. The summed E-state index contributed by atoms with van der Waals surface area (Å²) in [4.78, 5) is 6.34. The number of hydrogen-bond donors (Lipinski definition) is 2. The van der Waals surface area contributed by atoms with Crippen molar-refractivity contribution < 1.29 is 13.2 Å². The van der Waals surface area contributed by atoms with Crippen LogP contribution in [-0.4, -0.2) is 54.5 Å². The molecular weight excluding hydrogens is 418 g/mol. The molecule has 31 heavy (non-hydrogen) atoms. The van der Waals surface area contributed by atoms with Crippen molar-refractivity contribution in [3.8, 4) is 0 Å². The first-order valence-corrected chi connectivity index (χ1v) is 11.5. The predicted molar refractivity (Wildman–Crippen MR) is 118 cm³/mol. The number of ether oxygens (including phenoxy) is 1. The lowest BCUT2D eigenvalue weighted by atomic mass is 10.3. The molecule has 0 saturated carbocycles. The van der Waals surface area contributed by atoms with Gasteiger partial charge in [-0.3, -0.25) is 4.72 Å². The second kappa shape index (κ2) is 8.90. The Labute approximate surface area is 181 Å². The van der Waals surface area contributed by atoms with E-state index in [9.17, 15) is 8.42 Å². The number of imidazole rings is 1. The average molecular weight is 444 g/mol. The van der Waals surface area contributed by atoms with Crippen LogP contribution in [0.4, 0.5) is 22.9 Å². The first-order valence-electron chi connectivity index (χ1n) is 10.0. The number of aromatic nitrogens is 4. The van der Waals surface area contributed by atoms with Crippen LogP contribution in [0.2, 0.25) is 0 Å². The number of nitrogens with zero attached hydrogens (tertiary/aromatic N) is 5. The van der Waals surface area contributed by atoms with Gasteiger partial charge in [-0.1, -0.05) is 0 Å². The van der Waals surface area contributed by atoms with Crippen LogP contribution in [0.3, 0.4) is 0 Å². The average Bonchev–Trinajstić information content (AvgIpc) is 3.17. The molecule has 4 rings (SSSR count). The highest BCUT2D eigenvalue weighted by molar-refractivity contribution is 7.92. The van der Waals surface area contributed by atoms with Crippen molar-refractivity contribution in [1.29, 1.82) is 0 Å². The quantitative estimate of drug-likeness (QED) is 0.572. The molecule has 0 unspecified atom stereocenters.